The fraction of sp³-hybridized carbons (Fsp3) is 0.850. The van der Waals surface area contributed by atoms with Gasteiger partial charge in [0.1, 0.15) is 0 Å². The molecule has 0 aromatic carbocycles. The largest absolute Gasteiger partial charge is 0.393 e. The van der Waals surface area contributed by atoms with E-state index >= 15 is 0 Å². The van der Waals surface area contributed by atoms with E-state index in [1.54, 1.807) is 0 Å². The first kappa shape index (κ1) is 14.9. The van der Waals surface area contributed by atoms with Crippen LogP contribution in [-0.4, -0.2) is 17.0 Å². The van der Waals surface area contributed by atoms with Gasteiger partial charge < -0.3 is 5.11 Å². The average Bonchev–Trinajstić information content (AvgIpc) is 2.74. The van der Waals surface area contributed by atoms with Crippen LogP contribution in [-0.2, 0) is 4.79 Å². The van der Waals surface area contributed by atoms with Crippen molar-refractivity contribution in [3.8, 4) is 0 Å². The Morgan fingerprint density at radius 2 is 1.91 bits per heavy atom. The van der Waals surface area contributed by atoms with Crippen molar-refractivity contribution in [3.05, 3.63) is 11.6 Å². The van der Waals surface area contributed by atoms with Crippen LogP contribution >= 0.6 is 0 Å². The minimum absolute atomic E-state index is 0.0991. The maximum Gasteiger partial charge on any atom is 0.155 e. The number of rotatable bonds is 0. The molecule has 0 heterocycles. The van der Waals surface area contributed by atoms with Crippen molar-refractivity contribution in [2.24, 2.45) is 40.9 Å². The van der Waals surface area contributed by atoms with Gasteiger partial charge in [-0.25, -0.2) is 0 Å². The molecule has 3 saturated carbocycles. The van der Waals surface area contributed by atoms with E-state index in [0.29, 0.717) is 29.5 Å². The van der Waals surface area contributed by atoms with Gasteiger partial charge in [0, 0.05) is 6.42 Å². The van der Waals surface area contributed by atoms with Gasteiger partial charge in [-0.1, -0.05) is 26.3 Å². The first-order valence-electron chi connectivity index (χ1n) is 9.33. The number of hydrogen-bond acceptors (Lipinski definition) is 2. The molecule has 3 fully saturated rings. The molecular weight excluding hydrogens is 272 g/mol. The predicted molar refractivity (Wildman–Crippen MR) is 87.2 cm³/mol. The summed E-state index contributed by atoms with van der Waals surface area (Å²) >= 11 is 0. The molecule has 2 heteroatoms. The van der Waals surface area contributed by atoms with Gasteiger partial charge in [0.25, 0.3) is 0 Å². The van der Waals surface area contributed by atoms with Crippen molar-refractivity contribution in [1.82, 2.24) is 0 Å². The summed E-state index contributed by atoms with van der Waals surface area (Å²) in [7, 11) is 0. The Labute approximate surface area is 134 Å². The number of fused-ring (bicyclic) bond motifs is 5. The molecule has 0 radical (unpaired) electrons. The third kappa shape index (κ3) is 1.92. The molecular formula is C20H30O2. The molecule has 4 rings (SSSR count). The summed E-state index contributed by atoms with van der Waals surface area (Å²) in [5.74, 6) is 4.52. The van der Waals surface area contributed by atoms with E-state index in [2.05, 4.69) is 20.8 Å². The average molecular weight is 302 g/mol. The van der Waals surface area contributed by atoms with Crippen LogP contribution in [0.5, 0.6) is 0 Å². The molecule has 122 valence electrons. The first-order valence-corrected chi connectivity index (χ1v) is 9.33. The lowest BCUT2D eigenvalue weighted by Gasteiger charge is -2.58. The van der Waals surface area contributed by atoms with E-state index in [1.165, 1.54) is 18.4 Å². The van der Waals surface area contributed by atoms with E-state index in [9.17, 15) is 9.90 Å². The van der Waals surface area contributed by atoms with Crippen LogP contribution in [0.1, 0.15) is 59.3 Å². The summed E-state index contributed by atoms with van der Waals surface area (Å²) in [5.41, 5.74) is 1.60. The molecule has 2 nitrogen and oxygen atoms in total. The smallest absolute Gasteiger partial charge is 0.155 e. The number of carbonyl (C=O) groups is 1. The van der Waals surface area contributed by atoms with Crippen molar-refractivity contribution in [3.63, 3.8) is 0 Å². The molecule has 4 aliphatic rings. The van der Waals surface area contributed by atoms with Crippen LogP contribution in [0, 0.1) is 40.9 Å². The third-order valence-corrected chi connectivity index (χ3v) is 7.89. The highest BCUT2D eigenvalue weighted by Gasteiger charge is 2.59. The van der Waals surface area contributed by atoms with Crippen LogP contribution in [0.3, 0.4) is 0 Å². The lowest BCUT2D eigenvalue weighted by atomic mass is 9.47. The van der Waals surface area contributed by atoms with Gasteiger partial charge in [-0.2, -0.15) is 0 Å². The SMILES string of the molecule is C[C@@H]1CC2=CC(=O)CCC2[C@@H]2[C@@H]1[C@@H]1CC[C@H](O)[C@@]1(C)C[C@@H]2C. The van der Waals surface area contributed by atoms with Gasteiger partial charge in [0.05, 0.1) is 6.10 Å². The van der Waals surface area contributed by atoms with Crippen LogP contribution in [0.15, 0.2) is 11.6 Å². The van der Waals surface area contributed by atoms with Crippen LogP contribution in [0.4, 0.5) is 0 Å². The quantitative estimate of drug-likeness (QED) is 0.735. The van der Waals surface area contributed by atoms with Gasteiger partial charge in [-0.05, 0) is 79.1 Å². The lowest BCUT2D eigenvalue weighted by molar-refractivity contribution is -0.118. The molecule has 4 aliphatic carbocycles. The molecule has 1 N–H and O–H groups in total. The Hall–Kier alpha value is -0.630. The minimum atomic E-state index is -0.0991. The number of aliphatic hydroxyl groups is 1. The zero-order chi connectivity index (χ0) is 15.6. The molecule has 0 amide bonds. The van der Waals surface area contributed by atoms with E-state index in [0.717, 1.165) is 37.5 Å². The second kappa shape index (κ2) is 4.93. The normalized spacial score (nSPS) is 54.3. The fourth-order valence-electron chi connectivity index (χ4n) is 7.11. The highest BCUT2D eigenvalue weighted by molar-refractivity contribution is 5.91. The summed E-state index contributed by atoms with van der Waals surface area (Å²) in [6, 6.07) is 0. The van der Waals surface area contributed by atoms with E-state index in [1.807, 2.05) is 6.08 Å². The molecule has 1 unspecified atom stereocenters. The number of hydrogen-bond donors (Lipinski definition) is 1. The highest BCUT2D eigenvalue weighted by atomic mass is 16.3. The second-order valence-electron chi connectivity index (χ2n) is 9.05. The zero-order valence-corrected chi connectivity index (χ0v) is 14.2. The van der Waals surface area contributed by atoms with Crippen molar-refractivity contribution in [1.29, 1.82) is 0 Å². The standard InChI is InChI=1S/C20H30O2/c1-11-8-13-9-14(21)4-5-15(13)18-12(2)10-20(3)16(19(11)18)6-7-17(20)22/h9,11-12,15-19,22H,4-8,10H2,1-3H3/t11-,12+,15?,16+,17+,18-,19+,20+/m1/s1. The van der Waals surface area contributed by atoms with Crippen molar-refractivity contribution in [2.75, 3.05) is 0 Å². The predicted octanol–water partition coefficient (Wildman–Crippen LogP) is 3.98. The number of aliphatic hydroxyl groups excluding tert-OH is 1. The fourth-order valence-corrected chi connectivity index (χ4v) is 7.11. The van der Waals surface area contributed by atoms with Crippen LogP contribution < -0.4 is 0 Å². The van der Waals surface area contributed by atoms with Gasteiger partial charge in [-0.3, -0.25) is 4.79 Å². The Balaban J connectivity index is 1.73. The minimum Gasteiger partial charge on any atom is -0.393 e. The summed E-state index contributed by atoms with van der Waals surface area (Å²) in [6.45, 7) is 7.16. The van der Waals surface area contributed by atoms with Gasteiger partial charge in [0.15, 0.2) is 5.78 Å². The van der Waals surface area contributed by atoms with E-state index < -0.39 is 0 Å². The Bertz CT molecular complexity index is 522. The molecule has 0 aliphatic heterocycles. The summed E-state index contributed by atoms with van der Waals surface area (Å²) in [4.78, 5) is 11.8. The van der Waals surface area contributed by atoms with Gasteiger partial charge in [-0.15, -0.1) is 0 Å². The molecule has 0 spiro atoms. The zero-order valence-electron chi connectivity index (χ0n) is 14.2. The van der Waals surface area contributed by atoms with E-state index in [4.69, 9.17) is 0 Å². The van der Waals surface area contributed by atoms with Crippen LogP contribution in [0.25, 0.3) is 0 Å². The topological polar surface area (TPSA) is 37.3 Å². The molecule has 0 saturated heterocycles. The van der Waals surface area contributed by atoms with Gasteiger partial charge in [0.2, 0.25) is 0 Å². The van der Waals surface area contributed by atoms with Crippen molar-refractivity contribution < 1.29 is 9.90 Å². The monoisotopic (exact) mass is 302 g/mol. The van der Waals surface area contributed by atoms with Gasteiger partial charge >= 0.3 is 0 Å². The summed E-state index contributed by atoms with van der Waals surface area (Å²) in [5, 5.41) is 10.6. The Morgan fingerprint density at radius 1 is 1.14 bits per heavy atom. The molecule has 22 heavy (non-hydrogen) atoms. The molecule has 0 bridgehead atoms. The first-order chi connectivity index (χ1) is 10.4. The van der Waals surface area contributed by atoms with Crippen LogP contribution in [0.2, 0.25) is 0 Å². The third-order valence-electron chi connectivity index (χ3n) is 7.89. The maximum atomic E-state index is 11.8. The van der Waals surface area contributed by atoms with Crippen molar-refractivity contribution in [2.45, 2.75) is 65.4 Å². The number of allylic oxidation sites excluding steroid dienone is 1. The summed E-state index contributed by atoms with van der Waals surface area (Å²) in [6.07, 6.45) is 8.22. The molecule has 0 aromatic rings. The lowest BCUT2D eigenvalue weighted by Crippen LogP contribution is -2.53. The second-order valence-corrected chi connectivity index (χ2v) is 9.05. The number of carbonyl (C=O) groups excluding carboxylic acids is 1. The molecule has 0 aromatic heterocycles. The Kier molecular flexibility index (Phi) is 3.35. The Morgan fingerprint density at radius 3 is 2.68 bits per heavy atom. The summed E-state index contributed by atoms with van der Waals surface area (Å²) < 4.78 is 0. The number of ketones is 1. The molecule has 8 atom stereocenters. The highest BCUT2D eigenvalue weighted by Crippen LogP contribution is 2.64. The van der Waals surface area contributed by atoms with E-state index in [-0.39, 0.29) is 11.5 Å². The maximum absolute atomic E-state index is 11.8. The van der Waals surface area contributed by atoms with Crippen molar-refractivity contribution >= 4 is 5.78 Å².